The van der Waals surface area contributed by atoms with Gasteiger partial charge in [0.05, 0.1) is 0 Å². The highest BCUT2D eigenvalue weighted by Gasteiger charge is 2.10. The highest BCUT2D eigenvalue weighted by Crippen LogP contribution is 2.10. The first kappa shape index (κ1) is 14.8. The summed E-state index contributed by atoms with van der Waals surface area (Å²) < 4.78 is 0. The van der Waals surface area contributed by atoms with Gasteiger partial charge in [0.2, 0.25) is 0 Å². The van der Waals surface area contributed by atoms with Crippen LogP contribution in [0.15, 0.2) is 23.5 Å². The molecule has 1 atom stereocenters. The Bertz CT molecular complexity index is 411. The molecule has 3 N–H and O–H groups in total. The van der Waals surface area contributed by atoms with Crippen molar-refractivity contribution in [3.63, 3.8) is 0 Å². The standard InChI is InChI=1S/C12H20N4OS/c1-9(8-18-3)16(2)7-10-4-5-14-11(6-10)12(13)15-17/h4-6,9,17H,7-8H2,1-3H3,(H2,13,15). The predicted molar refractivity (Wildman–Crippen MR) is 76.1 cm³/mol. The Kier molecular flexibility index (Phi) is 5.94. The molecule has 0 saturated heterocycles. The maximum Gasteiger partial charge on any atom is 0.188 e. The predicted octanol–water partition coefficient (Wildman–Crippen LogP) is 1.36. The van der Waals surface area contributed by atoms with Crippen molar-refractivity contribution in [2.24, 2.45) is 10.9 Å². The molecule has 100 valence electrons. The van der Waals surface area contributed by atoms with Crippen LogP contribution in [0.5, 0.6) is 0 Å². The SMILES string of the molecule is CSCC(C)N(C)Cc1ccnc(/C(N)=N/O)c1. The first-order chi connectivity index (χ1) is 8.58. The highest BCUT2D eigenvalue weighted by molar-refractivity contribution is 7.98. The normalized spacial score (nSPS) is 13.9. The fraction of sp³-hybridized carbons (Fsp3) is 0.500. The fourth-order valence-electron chi connectivity index (χ4n) is 1.58. The summed E-state index contributed by atoms with van der Waals surface area (Å²) in [5.41, 5.74) is 7.12. The van der Waals surface area contributed by atoms with Gasteiger partial charge in [-0.2, -0.15) is 11.8 Å². The van der Waals surface area contributed by atoms with Crippen molar-refractivity contribution < 1.29 is 5.21 Å². The first-order valence-electron chi connectivity index (χ1n) is 5.70. The summed E-state index contributed by atoms with van der Waals surface area (Å²) in [4.78, 5) is 6.33. The van der Waals surface area contributed by atoms with Crippen LogP contribution in [-0.2, 0) is 6.54 Å². The van der Waals surface area contributed by atoms with Crippen molar-refractivity contribution in [1.29, 1.82) is 0 Å². The Hall–Kier alpha value is -1.27. The van der Waals surface area contributed by atoms with E-state index in [4.69, 9.17) is 10.9 Å². The van der Waals surface area contributed by atoms with Crippen molar-refractivity contribution in [3.05, 3.63) is 29.6 Å². The van der Waals surface area contributed by atoms with Gasteiger partial charge in [0, 0.05) is 24.5 Å². The number of hydrogen-bond acceptors (Lipinski definition) is 5. The quantitative estimate of drug-likeness (QED) is 0.353. The van der Waals surface area contributed by atoms with Crippen molar-refractivity contribution in [1.82, 2.24) is 9.88 Å². The number of hydrogen-bond donors (Lipinski definition) is 2. The molecule has 0 radical (unpaired) electrons. The molecule has 1 heterocycles. The zero-order valence-electron chi connectivity index (χ0n) is 11.0. The van der Waals surface area contributed by atoms with Gasteiger partial charge in [-0.25, -0.2) is 0 Å². The van der Waals surface area contributed by atoms with Gasteiger partial charge in [-0.15, -0.1) is 0 Å². The Morgan fingerprint density at radius 2 is 2.39 bits per heavy atom. The Balaban J connectivity index is 2.73. The number of pyridine rings is 1. The van der Waals surface area contributed by atoms with Gasteiger partial charge in [0.15, 0.2) is 5.84 Å². The van der Waals surface area contributed by atoms with Gasteiger partial charge < -0.3 is 10.9 Å². The highest BCUT2D eigenvalue weighted by atomic mass is 32.2. The molecule has 0 aliphatic rings. The molecular weight excluding hydrogens is 248 g/mol. The van der Waals surface area contributed by atoms with E-state index < -0.39 is 0 Å². The minimum absolute atomic E-state index is 0.0386. The molecule has 0 fully saturated rings. The molecule has 1 aromatic heterocycles. The average Bonchev–Trinajstić information content (AvgIpc) is 2.38. The van der Waals surface area contributed by atoms with Crippen molar-refractivity contribution in [2.45, 2.75) is 19.5 Å². The molecule has 1 unspecified atom stereocenters. The van der Waals surface area contributed by atoms with E-state index in [9.17, 15) is 0 Å². The smallest absolute Gasteiger partial charge is 0.188 e. The van der Waals surface area contributed by atoms with E-state index in [1.54, 1.807) is 6.20 Å². The number of amidine groups is 1. The van der Waals surface area contributed by atoms with Crippen LogP contribution in [0.4, 0.5) is 0 Å². The molecular formula is C12H20N4OS. The molecule has 0 saturated carbocycles. The number of oxime groups is 1. The Morgan fingerprint density at radius 3 is 3.00 bits per heavy atom. The molecule has 1 rings (SSSR count). The third-order valence-corrected chi connectivity index (χ3v) is 3.60. The summed E-state index contributed by atoms with van der Waals surface area (Å²) in [5, 5.41) is 11.6. The van der Waals surface area contributed by atoms with Crippen LogP contribution in [0.25, 0.3) is 0 Å². The van der Waals surface area contributed by atoms with E-state index in [-0.39, 0.29) is 5.84 Å². The molecule has 0 bridgehead atoms. The van der Waals surface area contributed by atoms with Crippen LogP contribution < -0.4 is 5.73 Å². The number of aromatic nitrogens is 1. The Labute approximate surface area is 112 Å². The third-order valence-electron chi connectivity index (χ3n) is 2.79. The molecule has 0 aliphatic heterocycles. The van der Waals surface area contributed by atoms with E-state index in [1.807, 2.05) is 23.9 Å². The molecule has 18 heavy (non-hydrogen) atoms. The maximum absolute atomic E-state index is 8.63. The van der Waals surface area contributed by atoms with E-state index in [0.29, 0.717) is 11.7 Å². The van der Waals surface area contributed by atoms with Crippen LogP contribution in [0.3, 0.4) is 0 Å². The lowest BCUT2D eigenvalue weighted by Gasteiger charge is -2.24. The molecule has 6 heteroatoms. The van der Waals surface area contributed by atoms with Gasteiger partial charge in [0.1, 0.15) is 5.69 Å². The summed E-state index contributed by atoms with van der Waals surface area (Å²) in [6, 6.07) is 4.29. The van der Waals surface area contributed by atoms with Crippen LogP contribution in [0, 0.1) is 0 Å². The van der Waals surface area contributed by atoms with Crippen LogP contribution >= 0.6 is 11.8 Å². The second-order valence-corrected chi connectivity index (χ2v) is 5.16. The van der Waals surface area contributed by atoms with Crippen molar-refractivity contribution in [2.75, 3.05) is 19.1 Å². The second-order valence-electron chi connectivity index (χ2n) is 4.25. The van der Waals surface area contributed by atoms with E-state index in [0.717, 1.165) is 17.9 Å². The number of nitrogens with two attached hydrogens (primary N) is 1. The first-order valence-corrected chi connectivity index (χ1v) is 7.10. The number of rotatable bonds is 6. The van der Waals surface area contributed by atoms with E-state index >= 15 is 0 Å². The number of thioether (sulfide) groups is 1. The summed E-state index contributed by atoms with van der Waals surface area (Å²) in [6.07, 6.45) is 3.78. The van der Waals surface area contributed by atoms with E-state index in [2.05, 4.69) is 35.3 Å². The lowest BCUT2D eigenvalue weighted by molar-refractivity contribution is 0.269. The second kappa shape index (κ2) is 7.23. The van der Waals surface area contributed by atoms with Crippen molar-refractivity contribution in [3.8, 4) is 0 Å². The lowest BCUT2D eigenvalue weighted by Crippen LogP contribution is -2.30. The zero-order chi connectivity index (χ0) is 13.5. The summed E-state index contributed by atoms with van der Waals surface area (Å²) in [7, 11) is 2.09. The van der Waals surface area contributed by atoms with Gasteiger partial charge in [-0.1, -0.05) is 5.16 Å². The molecule has 5 nitrogen and oxygen atoms in total. The number of nitrogens with zero attached hydrogens (tertiary/aromatic N) is 3. The van der Waals surface area contributed by atoms with Crippen LogP contribution in [0.1, 0.15) is 18.2 Å². The molecule has 0 aromatic carbocycles. The lowest BCUT2D eigenvalue weighted by atomic mass is 10.2. The topological polar surface area (TPSA) is 74.7 Å². The average molecular weight is 268 g/mol. The molecule has 0 aliphatic carbocycles. The molecule has 0 amide bonds. The monoisotopic (exact) mass is 268 g/mol. The Morgan fingerprint density at radius 1 is 1.67 bits per heavy atom. The van der Waals surface area contributed by atoms with Gasteiger partial charge in [-0.05, 0) is 37.9 Å². The van der Waals surface area contributed by atoms with E-state index in [1.165, 1.54) is 0 Å². The van der Waals surface area contributed by atoms with Crippen LogP contribution in [-0.4, -0.2) is 46.0 Å². The summed E-state index contributed by atoms with van der Waals surface area (Å²) in [6.45, 7) is 3.01. The van der Waals surface area contributed by atoms with Crippen molar-refractivity contribution >= 4 is 17.6 Å². The summed E-state index contributed by atoms with van der Waals surface area (Å²) >= 11 is 1.83. The third kappa shape index (κ3) is 4.19. The fourth-order valence-corrected chi connectivity index (χ4v) is 2.31. The molecule has 1 aromatic rings. The van der Waals surface area contributed by atoms with Gasteiger partial charge in [0.25, 0.3) is 0 Å². The molecule has 0 spiro atoms. The summed E-state index contributed by atoms with van der Waals surface area (Å²) in [5.74, 6) is 1.13. The van der Waals surface area contributed by atoms with Gasteiger partial charge in [-0.3, -0.25) is 9.88 Å². The maximum atomic E-state index is 8.63. The largest absolute Gasteiger partial charge is 0.409 e. The minimum atomic E-state index is 0.0386. The zero-order valence-corrected chi connectivity index (χ0v) is 11.8. The van der Waals surface area contributed by atoms with Crippen LogP contribution in [0.2, 0.25) is 0 Å². The minimum Gasteiger partial charge on any atom is -0.409 e. The van der Waals surface area contributed by atoms with Gasteiger partial charge >= 0.3 is 0 Å².